The Kier molecular flexibility index (Phi) is 5.71. The van der Waals surface area contributed by atoms with Crippen LogP contribution in [-0.4, -0.2) is 27.9 Å². The summed E-state index contributed by atoms with van der Waals surface area (Å²) in [5.74, 6) is 1.33. The number of aryl methyl sites for hydroxylation is 2. The van der Waals surface area contributed by atoms with Crippen LogP contribution < -0.4 is 10.2 Å². The second kappa shape index (κ2) is 8.56. The van der Waals surface area contributed by atoms with Crippen molar-refractivity contribution in [3.05, 3.63) is 40.5 Å². The molecule has 2 heterocycles. The minimum atomic E-state index is 0.126. The van der Waals surface area contributed by atoms with E-state index in [-0.39, 0.29) is 5.75 Å². The summed E-state index contributed by atoms with van der Waals surface area (Å²) < 4.78 is 5.42. The molecule has 0 bridgehead atoms. The van der Waals surface area contributed by atoms with Crippen molar-refractivity contribution in [2.24, 2.45) is 5.10 Å². The van der Waals surface area contributed by atoms with E-state index in [4.69, 9.17) is 4.74 Å². The fourth-order valence-corrected chi connectivity index (χ4v) is 4.81. The second-order valence-electron chi connectivity index (χ2n) is 6.85. The molecule has 7 heteroatoms. The molecule has 146 valence electrons. The number of anilines is 1. The van der Waals surface area contributed by atoms with E-state index in [2.05, 4.69) is 20.5 Å². The lowest BCUT2D eigenvalue weighted by molar-refractivity contribution is 0.318. The van der Waals surface area contributed by atoms with Crippen molar-refractivity contribution in [1.82, 2.24) is 9.97 Å². The number of aromatic nitrogens is 2. The van der Waals surface area contributed by atoms with Crippen LogP contribution in [0, 0.1) is 0 Å². The molecule has 0 fully saturated rings. The van der Waals surface area contributed by atoms with Gasteiger partial charge in [0.05, 0.1) is 18.2 Å². The Hall–Kier alpha value is -2.67. The summed E-state index contributed by atoms with van der Waals surface area (Å²) in [6.07, 6.45) is 10.6. The highest BCUT2D eigenvalue weighted by atomic mass is 32.1. The minimum Gasteiger partial charge on any atom is -0.504 e. The molecule has 0 aliphatic heterocycles. The fourth-order valence-electron chi connectivity index (χ4n) is 3.58. The van der Waals surface area contributed by atoms with Crippen LogP contribution in [0.4, 0.5) is 5.82 Å². The quantitative estimate of drug-likeness (QED) is 0.474. The summed E-state index contributed by atoms with van der Waals surface area (Å²) >= 11 is 1.79. The van der Waals surface area contributed by atoms with Gasteiger partial charge in [0, 0.05) is 4.88 Å². The third-order valence-electron chi connectivity index (χ3n) is 4.92. The highest BCUT2D eigenvalue weighted by Crippen LogP contribution is 2.37. The van der Waals surface area contributed by atoms with E-state index in [1.165, 1.54) is 36.1 Å². The van der Waals surface area contributed by atoms with Gasteiger partial charge in [-0.1, -0.05) is 12.8 Å². The third-order valence-corrected chi connectivity index (χ3v) is 6.12. The molecule has 2 N–H and O–H groups in total. The van der Waals surface area contributed by atoms with Crippen LogP contribution in [0.1, 0.15) is 48.6 Å². The first kappa shape index (κ1) is 18.7. The average molecular weight is 397 g/mol. The van der Waals surface area contributed by atoms with Crippen LogP contribution in [0.5, 0.6) is 11.5 Å². The van der Waals surface area contributed by atoms with Crippen molar-refractivity contribution in [2.45, 2.75) is 45.4 Å². The number of fused-ring (bicyclic) bond motifs is 3. The van der Waals surface area contributed by atoms with Gasteiger partial charge in [-0.25, -0.2) is 9.97 Å². The number of hydrazone groups is 1. The zero-order valence-electron chi connectivity index (χ0n) is 15.9. The Labute approximate surface area is 168 Å². The average Bonchev–Trinajstić information content (AvgIpc) is 3.02. The predicted molar refractivity (Wildman–Crippen MR) is 114 cm³/mol. The molecule has 0 radical (unpaired) electrons. The number of aromatic hydroxyl groups is 1. The van der Waals surface area contributed by atoms with Gasteiger partial charge in [-0.05, 0) is 61.9 Å². The second-order valence-corrected chi connectivity index (χ2v) is 7.93. The van der Waals surface area contributed by atoms with Gasteiger partial charge < -0.3 is 9.84 Å². The van der Waals surface area contributed by atoms with Gasteiger partial charge in [0.25, 0.3) is 0 Å². The van der Waals surface area contributed by atoms with Gasteiger partial charge in [-0.2, -0.15) is 5.10 Å². The molecule has 0 atom stereocenters. The highest BCUT2D eigenvalue weighted by Gasteiger charge is 2.18. The molecule has 0 amide bonds. The van der Waals surface area contributed by atoms with Gasteiger partial charge in [0.15, 0.2) is 17.3 Å². The number of hydrogen-bond donors (Lipinski definition) is 2. The maximum absolute atomic E-state index is 9.82. The molecular formula is C21H24N4O2S. The van der Waals surface area contributed by atoms with E-state index in [9.17, 15) is 5.11 Å². The molecule has 28 heavy (non-hydrogen) atoms. The summed E-state index contributed by atoms with van der Waals surface area (Å²) in [5, 5.41) is 15.3. The number of nitrogens with one attached hydrogen (secondary N) is 1. The Morgan fingerprint density at radius 3 is 2.93 bits per heavy atom. The Morgan fingerprint density at radius 2 is 2.07 bits per heavy atom. The zero-order valence-corrected chi connectivity index (χ0v) is 16.8. The number of thiophene rings is 1. The predicted octanol–water partition coefficient (Wildman–Crippen LogP) is 4.90. The van der Waals surface area contributed by atoms with Crippen molar-refractivity contribution in [1.29, 1.82) is 0 Å². The van der Waals surface area contributed by atoms with Gasteiger partial charge in [-0.3, -0.25) is 5.43 Å². The molecular weight excluding hydrogens is 372 g/mol. The highest BCUT2D eigenvalue weighted by molar-refractivity contribution is 7.18. The van der Waals surface area contributed by atoms with Crippen LogP contribution in [0.2, 0.25) is 0 Å². The smallest absolute Gasteiger partial charge is 0.161 e. The maximum atomic E-state index is 9.82. The monoisotopic (exact) mass is 396 g/mol. The molecule has 1 aliphatic carbocycles. The number of nitrogens with zero attached hydrogens (tertiary/aromatic N) is 3. The van der Waals surface area contributed by atoms with Crippen LogP contribution >= 0.6 is 11.3 Å². The number of benzene rings is 1. The number of ether oxygens (including phenoxy) is 1. The summed E-state index contributed by atoms with van der Waals surface area (Å²) in [6, 6.07) is 5.16. The first-order valence-electron chi connectivity index (χ1n) is 9.76. The minimum absolute atomic E-state index is 0.126. The van der Waals surface area contributed by atoms with Crippen molar-refractivity contribution in [2.75, 3.05) is 12.0 Å². The van der Waals surface area contributed by atoms with Crippen molar-refractivity contribution in [3.63, 3.8) is 0 Å². The lowest BCUT2D eigenvalue weighted by atomic mass is 9.98. The molecule has 0 unspecified atom stereocenters. The van der Waals surface area contributed by atoms with Crippen LogP contribution in [0.15, 0.2) is 29.6 Å². The summed E-state index contributed by atoms with van der Waals surface area (Å²) in [4.78, 5) is 11.4. The maximum Gasteiger partial charge on any atom is 0.161 e. The van der Waals surface area contributed by atoms with Crippen LogP contribution in [0.25, 0.3) is 10.2 Å². The molecule has 3 aromatic rings. The molecule has 2 aromatic heterocycles. The molecule has 0 saturated heterocycles. The van der Waals surface area contributed by atoms with E-state index in [0.29, 0.717) is 12.4 Å². The fraction of sp³-hybridized carbons (Fsp3) is 0.381. The molecule has 6 nitrogen and oxygen atoms in total. The topological polar surface area (TPSA) is 79.6 Å². The Morgan fingerprint density at radius 1 is 1.21 bits per heavy atom. The number of rotatable bonds is 5. The van der Waals surface area contributed by atoms with Crippen LogP contribution in [0.3, 0.4) is 0 Å². The molecule has 0 saturated carbocycles. The van der Waals surface area contributed by atoms with Crippen molar-refractivity contribution >= 4 is 33.6 Å². The van der Waals surface area contributed by atoms with E-state index in [0.717, 1.165) is 34.4 Å². The molecule has 1 aliphatic rings. The third kappa shape index (κ3) is 3.94. The molecule has 1 aromatic carbocycles. The summed E-state index contributed by atoms with van der Waals surface area (Å²) in [6.45, 7) is 2.38. The largest absolute Gasteiger partial charge is 0.504 e. The van der Waals surface area contributed by atoms with E-state index in [1.807, 2.05) is 6.92 Å². The Bertz CT molecular complexity index is 999. The number of hydrogen-bond acceptors (Lipinski definition) is 7. The Balaban J connectivity index is 1.60. The normalized spacial score (nSPS) is 14.6. The lowest BCUT2D eigenvalue weighted by Crippen LogP contribution is -1.99. The van der Waals surface area contributed by atoms with E-state index < -0.39 is 0 Å². The van der Waals surface area contributed by atoms with Crippen LogP contribution in [-0.2, 0) is 12.8 Å². The van der Waals surface area contributed by atoms with Gasteiger partial charge in [-0.15, -0.1) is 11.3 Å². The number of phenols is 1. The number of phenolic OH excluding ortho intramolecular Hbond substituents is 1. The van der Waals surface area contributed by atoms with E-state index in [1.54, 1.807) is 42.1 Å². The standard InChI is InChI=1S/C21H24N4O2S/c1-2-27-17-11-14(9-10-16(17)26)12-24-25-20-19-15-7-5-3-4-6-8-18(15)28-21(19)23-13-22-20/h9-13,26H,2-8H2,1H3,(H,22,23,25). The van der Waals surface area contributed by atoms with Crippen molar-refractivity contribution in [3.8, 4) is 11.5 Å². The summed E-state index contributed by atoms with van der Waals surface area (Å²) in [5.41, 5.74) is 5.32. The van der Waals surface area contributed by atoms with Gasteiger partial charge in [0.1, 0.15) is 11.2 Å². The van der Waals surface area contributed by atoms with Crippen molar-refractivity contribution < 1.29 is 9.84 Å². The lowest BCUT2D eigenvalue weighted by Gasteiger charge is -2.10. The SMILES string of the molecule is CCOc1cc(C=NNc2ncnc3sc4c(c23)CCCCCC4)ccc1O. The zero-order chi connectivity index (χ0) is 19.3. The first-order valence-corrected chi connectivity index (χ1v) is 10.6. The molecule has 0 spiro atoms. The first-order chi connectivity index (χ1) is 13.8. The van der Waals surface area contributed by atoms with Gasteiger partial charge in [0.2, 0.25) is 0 Å². The summed E-state index contributed by atoms with van der Waals surface area (Å²) in [7, 11) is 0. The van der Waals surface area contributed by atoms with E-state index >= 15 is 0 Å². The van der Waals surface area contributed by atoms with Gasteiger partial charge >= 0.3 is 0 Å². The molecule has 4 rings (SSSR count).